The predicted molar refractivity (Wildman–Crippen MR) is 76.1 cm³/mol. The van der Waals surface area contributed by atoms with E-state index in [9.17, 15) is 8.42 Å². The van der Waals surface area contributed by atoms with Crippen LogP contribution in [-0.4, -0.2) is 27.7 Å². The molecule has 0 radical (unpaired) electrons. The van der Waals surface area contributed by atoms with Crippen molar-refractivity contribution in [2.24, 2.45) is 7.05 Å². The summed E-state index contributed by atoms with van der Waals surface area (Å²) in [7, 11) is -2.29. The zero-order chi connectivity index (χ0) is 15.8. The molecule has 0 fully saturated rings. The topological polar surface area (TPSA) is 106 Å². The van der Waals surface area contributed by atoms with Crippen LogP contribution in [0.15, 0.2) is 17.6 Å². The van der Waals surface area contributed by atoms with Crippen LogP contribution in [0.1, 0.15) is 31.1 Å². The van der Waals surface area contributed by atoms with Gasteiger partial charge in [0, 0.05) is 19.3 Å². The molecule has 0 unspecified atom stereocenters. The molecule has 0 aromatic carbocycles. The number of imidazole rings is 1. The van der Waals surface area contributed by atoms with Crippen molar-refractivity contribution in [3.8, 4) is 6.07 Å². The van der Waals surface area contributed by atoms with Crippen LogP contribution in [0.5, 0.6) is 0 Å². The van der Waals surface area contributed by atoms with E-state index in [0.29, 0.717) is 5.69 Å². The average molecular weight is 308 g/mol. The standard InChI is InChI=1S/C12H16N6O2S/c1-8(2)18-6-11(14-7-18)21(19,20)16-12-10(5-13)9(3)15-17(12)4/h6-8,16H,1-4H3. The van der Waals surface area contributed by atoms with Crippen molar-refractivity contribution < 1.29 is 8.42 Å². The van der Waals surface area contributed by atoms with Crippen molar-refractivity contribution in [1.82, 2.24) is 19.3 Å². The molecule has 0 saturated heterocycles. The second kappa shape index (κ2) is 5.21. The van der Waals surface area contributed by atoms with Crippen LogP contribution in [0, 0.1) is 18.3 Å². The van der Waals surface area contributed by atoms with E-state index in [1.807, 2.05) is 19.9 Å². The minimum absolute atomic E-state index is 0.0982. The molecule has 9 heteroatoms. The van der Waals surface area contributed by atoms with Gasteiger partial charge in [0.05, 0.1) is 12.0 Å². The van der Waals surface area contributed by atoms with Gasteiger partial charge in [0.25, 0.3) is 10.0 Å². The Morgan fingerprint density at radius 2 is 2.10 bits per heavy atom. The number of aromatic nitrogens is 4. The van der Waals surface area contributed by atoms with Gasteiger partial charge in [-0.1, -0.05) is 0 Å². The second-order valence-corrected chi connectivity index (χ2v) is 6.53. The number of hydrogen-bond donors (Lipinski definition) is 1. The Hall–Kier alpha value is -2.34. The normalized spacial score (nSPS) is 11.6. The summed E-state index contributed by atoms with van der Waals surface area (Å²) < 4.78 is 30.0. The minimum atomic E-state index is -3.86. The van der Waals surface area contributed by atoms with E-state index in [-0.39, 0.29) is 22.4 Å². The fourth-order valence-corrected chi connectivity index (χ4v) is 2.87. The molecule has 0 aliphatic heterocycles. The molecule has 0 amide bonds. The molecule has 2 aromatic rings. The molecule has 2 aromatic heterocycles. The summed E-state index contributed by atoms with van der Waals surface area (Å²) in [6.45, 7) is 5.48. The maximum atomic E-state index is 12.3. The van der Waals surface area contributed by atoms with Gasteiger partial charge in [0.15, 0.2) is 10.8 Å². The van der Waals surface area contributed by atoms with E-state index >= 15 is 0 Å². The lowest BCUT2D eigenvalue weighted by Gasteiger charge is -2.07. The minimum Gasteiger partial charge on any atom is -0.334 e. The highest BCUT2D eigenvalue weighted by atomic mass is 32.2. The van der Waals surface area contributed by atoms with E-state index in [2.05, 4.69) is 14.8 Å². The first-order valence-electron chi connectivity index (χ1n) is 6.26. The van der Waals surface area contributed by atoms with E-state index < -0.39 is 10.0 Å². The van der Waals surface area contributed by atoms with E-state index in [4.69, 9.17) is 5.26 Å². The first-order chi connectivity index (χ1) is 9.76. The maximum Gasteiger partial charge on any atom is 0.282 e. The molecule has 112 valence electrons. The largest absolute Gasteiger partial charge is 0.334 e. The van der Waals surface area contributed by atoms with Gasteiger partial charge in [-0.2, -0.15) is 18.8 Å². The van der Waals surface area contributed by atoms with Gasteiger partial charge in [0.2, 0.25) is 0 Å². The summed E-state index contributed by atoms with van der Waals surface area (Å²) >= 11 is 0. The lowest BCUT2D eigenvalue weighted by molar-refractivity contribution is 0.591. The highest BCUT2D eigenvalue weighted by Crippen LogP contribution is 2.21. The number of nitrogens with one attached hydrogen (secondary N) is 1. The molecule has 2 rings (SSSR count). The van der Waals surface area contributed by atoms with Crippen molar-refractivity contribution in [2.45, 2.75) is 31.8 Å². The van der Waals surface area contributed by atoms with Crippen LogP contribution >= 0.6 is 0 Å². The zero-order valence-corrected chi connectivity index (χ0v) is 13.0. The molecule has 2 heterocycles. The van der Waals surface area contributed by atoms with Crippen molar-refractivity contribution in [2.75, 3.05) is 4.72 Å². The van der Waals surface area contributed by atoms with Gasteiger partial charge in [0.1, 0.15) is 11.6 Å². The number of aryl methyl sites for hydroxylation is 2. The highest BCUT2D eigenvalue weighted by Gasteiger charge is 2.23. The Morgan fingerprint density at radius 3 is 2.62 bits per heavy atom. The maximum absolute atomic E-state index is 12.3. The Labute approximate surface area is 123 Å². The predicted octanol–water partition coefficient (Wildman–Crippen LogP) is 1.18. The smallest absolute Gasteiger partial charge is 0.282 e. The van der Waals surface area contributed by atoms with Crippen molar-refractivity contribution in [3.63, 3.8) is 0 Å². The molecule has 0 aliphatic carbocycles. The van der Waals surface area contributed by atoms with Gasteiger partial charge in [-0.3, -0.25) is 9.40 Å². The fourth-order valence-electron chi connectivity index (χ4n) is 1.83. The summed E-state index contributed by atoms with van der Waals surface area (Å²) in [5.74, 6) is 0.133. The Kier molecular flexibility index (Phi) is 3.74. The molecular weight excluding hydrogens is 292 g/mol. The van der Waals surface area contributed by atoms with Crippen LogP contribution in [0.25, 0.3) is 0 Å². The van der Waals surface area contributed by atoms with Crippen LogP contribution < -0.4 is 4.72 Å². The van der Waals surface area contributed by atoms with Crippen LogP contribution in [0.3, 0.4) is 0 Å². The molecule has 0 aliphatic rings. The third-order valence-electron chi connectivity index (χ3n) is 3.01. The van der Waals surface area contributed by atoms with E-state index in [1.165, 1.54) is 17.2 Å². The average Bonchev–Trinajstić information content (AvgIpc) is 2.96. The Bertz CT molecular complexity index is 809. The Balaban J connectivity index is 2.40. The summed E-state index contributed by atoms with van der Waals surface area (Å²) in [5.41, 5.74) is 0.662. The summed E-state index contributed by atoms with van der Waals surface area (Å²) in [6.07, 6.45) is 2.90. The summed E-state index contributed by atoms with van der Waals surface area (Å²) in [5, 5.41) is 13.0. The zero-order valence-electron chi connectivity index (χ0n) is 12.2. The lowest BCUT2D eigenvalue weighted by Crippen LogP contribution is -2.16. The van der Waals surface area contributed by atoms with Crippen molar-refractivity contribution >= 4 is 15.8 Å². The first-order valence-corrected chi connectivity index (χ1v) is 7.74. The second-order valence-electron chi connectivity index (χ2n) is 4.90. The number of rotatable bonds is 4. The third-order valence-corrected chi connectivity index (χ3v) is 4.24. The number of sulfonamides is 1. The Morgan fingerprint density at radius 1 is 1.43 bits per heavy atom. The molecule has 0 bridgehead atoms. The van der Waals surface area contributed by atoms with Crippen LogP contribution in [0.2, 0.25) is 0 Å². The van der Waals surface area contributed by atoms with Crippen molar-refractivity contribution in [3.05, 3.63) is 23.8 Å². The molecule has 1 N–H and O–H groups in total. The summed E-state index contributed by atoms with van der Waals surface area (Å²) in [6, 6.07) is 2.05. The van der Waals surface area contributed by atoms with Gasteiger partial charge in [-0.25, -0.2) is 4.98 Å². The molecule has 0 atom stereocenters. The van der Waals surface area contributed by atoms with E-state index in [1.54, 1.807) is 18.5 Å². The van der Waals surface area contributed by atoms with E-state index in [0.717, 1.165) is 0 Å². The van der Waals surface area contributed by atoms with Gasteiger partial charge < -0.3 is 4.57 Å². The SMILES string of the molecule is Cc1nn(C)c(NS(=O)(=O)c2cn(C(C)C)cn2)c1C#N. The number of hydrogen-bond acceptors (Lipinski definition) is 5. The molecule has 0 saturated carbocycles. The van der Waals surface area contributed by atoms with Gasteiger partial charge in [-0.15, -0.1) is 0 Å². The van der Waals surface area contributed by atoms with Crippen LogP contribution in [0.4, 0.5) is 5.82 Å². The van der Waals surface area contributed by atoms with Gasteiger partial charge >= 0.3 is 0 Å². The van der Waals surface area contributed by atoms with Crippen molar-refractivity contribution in [1.29, 1.82) is 5.26 Å². The van der Waals surface area contributed by atoms with Crippen LogP contribution in [-0.2, 0) is 17.1 Å². The lowest BCUT2D eigenvalue weighted by atomic mass is 10.3. The number of nitriles is 1. The summed E-state index contributed by atoms with van der Waals surface area (Å²) in [4.78, 5) is 3.90. The van der Waals surface area contributed by atoms with Gasteiger partial charge in [-0.05, 0) is 20.8 Å². The first kappa shape index (κ1) is 15.1. The molecular formula is C12H16N6O2S. The number of anilines is 1. The number of nitrogens with zero attached hydrogens (tertiary/aromatic N) is 5. The fraction of sp³-hybridized carbons (Fsp3) is 0.417. The molecule has 0 spiro atoms. The third kappa shape index (κ3) is 2.75. The monoisotopic (exact) mass is 308 g/mol. The highest BCUT2D eigenvalue weighted by molar-refractivity contribution is 7.92. The molecule has 21 heavy (non-hydrogen) atoms. The molecule has 8 nitrogen and oxygen atoms in total. The quantitative estimate of drug-likeness (QED) is 0.913.